The zero-order chi connectivity index (χ0) is 21.9. The molecule has 0 aliphatic rings. The predicted molar refractivity (Wildman–Crippen MR) is 130 cm³/mol. The summed E-state index contributed by atoms with van der Waals surface area (Å²) in [5.41, 5.74) is 3.47. The molecule has 0 aliphatic carbocycles. The maximum Gasteiger partial charge on any atom is 0.165 e. The van der Waals surface area contributed by atoms with Crippen LogP contribution in [0.1, 0.15) is 5.56 Å². The summed E-state index contributed by atoms with van der Waals surface area (Å²) in [6.07, 6.45) is 1.53. The molecule has 0 saturated heterocycles. The average molecular weight is 461 g/mol. The monoisotopic (exact) mass is 460 g/mol. The highest BCUT2D eigenvalue weighted by Gasteiger charge is 2.18. The highest BCUT2D eigenvalue weighted by atomic mass is 35.5. The molecule has 32 heavy (non-hydrogen) atoms. The number of hydrogen-bond donors (Lipinski definition) is 2. The van der Waals surface area contributed by atoms with Crippen molar-refractivity contribution < 1.29 is 0 Å². The Morgan fingerprint density at radius 2 is 1.38 bits per heavy atom. The number of fused-ring (bicyclic) bond motifs is 1. The van der Waals surface area contributed by atoms with Crippen LogP contribution in [-0.4, -0.2) is 19.7 Å². The molecule has 0 radical (unpaired) electrons. The first-order chi connectivity index (χ1) is 15.7. The summed E-state index contributed by atoms with van der Waals surface area (Å²) in [6.45, 7) is 0.572. The van der Waals surface area contributed by atoms with Crippen molar-refractivity contribution in [2.75, 3.05) is 10.6 Å². The molecule has 0 aliphatic heterocycles. The Bertz CT molecular complexity index is 1380. The smallest absolute Gasteiger partial charge is 0.165 e. The van der Waals surface area contributed by atoms with Gasteiger partial charge in [-0.3, -0.25) is 0 Å². The minimum atomic E-state index is 0.572. The van der Waals surface area contributed by atoms with Gasteiger partial charge in [-0.1, -0.05) is 65.7 Å². The third-order valence-electron chi connectivity index (χ3n) is 4.88. The summed E-state index contributed by atoms with van der Waals surface area (Å²) in [7, 11) is 0. The first-order valence-electron chi connectivity index (χ1n) is 9.96. The molecule has 3 aromatic carbocycles. The van der Waals surface area contributed by atoms with Gasteiger partial charge in [0.25, 0.3) is 0 Å². The molecule has 0 spiro atoms. The molecule has 5 aromatic rings. The predicted octanol–water partition coefficient (Wildman–Crippen LogP) is 6.67. The summed E-state index contributed by atoms with van der Waals surface area (Å²) in [4.78, 5) is 9.02. The minimum Gasteiger partial charge on any atom is -0.339 e. The lowest BCUT2D eigenvalue weighted by molar-refractivity contribution is 0.707. The van der Waals surface area contributed by atoms with Crippen molar-refractivity contribution in [2.24, 2.45) is 0 Å². The molecule has 158 valence electrons. The van der Waals surface area contributed by atoms with Crippen LogP contribution in [0, 0.1) is 0 Å². The van der Waals surface area contributed by atoms with Crippen molar-refractivity contribution in [3.8, 4) is 0 Å². The molecule has 0 unspecified atom stereocenters. The number of rotatable bonds is 6. The van der Waals surface area contributed by atoms with Crippen molar-refractivity contribution in [3.63, 3.8) is 0 Å². The van der Waals surface area contributed by atoms with E-state index in [0.29, 0.717) is 33.9 Å². The van der Waals surface area contributed by atoms with Gasteiger partial charge in [0.1, 0.15) is 17.5 Å². The molecule has 0 bridgehead atoms. The molecular formula is C24H18Cl2N6. The van der Waals surface area contributed by atoms with Crippen LogP contribution in [0.2, 0.25) is 10.0 Å². The topological polar surface area (TPSA) is 67.7 Å². The van der Waals surface area contributed by atoms with Crippen LogP contribution in [0.5, 0.6) is 0 Å². The minimum absolute atomic E-state index is 0.572. The van der Waals surface area contributed by atoms with Crippen LogP contribution in [-0.2, 0) is 6.54 Å². The van der Waals surface area contributed by atoms with Crippen LogP contribution in [0.3, 0.4) is 0 Å². The van der Waals surface area contributed by atoms with Crippen molar-refractivity contribution in [3.05, 3.63) is 101 Å². The number of benzene rings is 3. The van der Waals surface area contributed by atoms with Crippen molar-refractivity contribution in [2.45, 2.75) is 6.54 Å². The maximum absolute atomic E-state index is 6.18. The summed E-state index contributed by atoms with van der Waals surface area (Å²) in [5.74, 6) is 1.25. The van der Waals surface area contributed by atoms with Gasteiger partial charge in [-0.2, -0.15) is 5.10 Å². The molecule has 0 fully saturated rings. The summed E-state index contributed by atoms with van der Waals surface area (Å²) in [5, 5.41) is 13.6. The third-order valence-corrected chi connectivity index (χ3v) is 5.35. The van der Waals surface area contributed by atoms with E-state index in [1.54, 1.807) is 0 Å². The van der Waals surface area contributed by atoms with Gasteiger partial charge in [-0.25, -0.2) is 14.6 Å². The second-order valence-electron chi connectivity index (χ2n) is 7.18. The maximum atomic E-state index is 6.18. The summed E-state index contributed by atoms with van der Waals surface area (Å²) >= 11 is 12.3. The lowest BCUT2D eigenvalue weighted by Crippen LogP contribution is -2.03. The van der Waals surface area contributed by atoms with Crippen molar-refractivity contribution >= 4 is 57.2 Å². The Kier molecular flexibility index (Phi) is 5.62. The fourth-order valence-electron chi connectivity index (χ4n) is 3.46. The fraction of sp³-hybridized carbons (Fsp3) is 0.0417. The third kappa shape index (κ3) is 4.37. The number of anilines is 4. The van der Waals surface area contributed by atoms with E-state index in [9.17, 15) is 0 Å². The number of halogens is 2. The van der Waals surface area contributed by atoms with E-state index >= 15 is 0 Å². The Hall–Kier alpha value is -3.61. The van der Waals surface area contributed by atoms with Gasteiger partial charge in [0, 0.05) is 21.4 Å². The second-order valence-corrected chi connectivity index (χ2v) is 8.06. The highest BCUT2D eigenvalue weighted by Crippen LogP contribution is 2.32. The second kappa shape index (κ2) is 8.86. The molecule has 0 amide bonds. The van der Waals surface area contributed by atoms with Gasteiger partial charge >= 0.3 is 0 Å². The number of aromatic nitrogens is 4. The van der Waals surface area contributed by atoms with E-state index in [1.807, 2.05) is 71.4 Å². The van der Waals surface area contributed by atoms with Crippen molar-refractivity contribution in [1.29, 1.82) is 0 Å². The first kappa shape index (κ1) is 20.3. The van der Waals surface area contributed by atoms with Gasteiger partial charge in [0.05, 0.1) is 6.54 Å². The Morgan fingerprint density at radius 3 is 2.03 bits per heavy atom. The van der Waals surface area contributed by atoms with Gasteiger partial charge in [0.2, 0.25) is 0 Å². The zero-order valence-electron chi connectivity index (χ0n) is 16.8. The van der Waals surface area contributed by atoms with Crippen LogP contribution in [0.25, 0.3) is 11.0 Å². The van der Waals surface area contributed by atoms with Gasteiger partial charge in [-0.15, -0.1) is 0 Å². The first-order valence-corrected chi connectivity index (χ1v) is 10.7. The van der Waals surface area contributed by atoms with E-state index < -0.39 is 0 Å². The van der Waals surface area contributed by atoms with E-state index in [-0.39, 0.29) is 0 Å². The number of nitrogens with zero attached hydrogens (tertiary/aromatic N) is 4. The molecule has 6 nitrogen and oxygen atoms in total. The van der Waals surface area contributed by atoms with E-state index in [0.717, 1.165) is 22.3 Å². The largest absolute Gasteiger partial charge is 0.339 e. The molecule has 2 N–H and O–H groups in total. The SMILES string of the molecule is Clc1cccc(Nc2ncnc3c2c(Nc2cccc(Cl)c2)nn3Cc2ccccc2)c1. The molecule has 5 rings (SSSR count). The van der Waals surface area contributed by atoms with E-state index in [2.05, 4.69) is 32.7 Å². The van der Waals surface area contributed by atoms with E-state index in [1.165, 1.54) is 6.33 Å². The molecule has 2 aromatic heterocycles. The average Bonchev–Trinajstić information content (AvgIpc) is 3.12. The number of hydrogen-bond acceptors (Lipinski definition) is 5. The lowest BCUT2D eigenvalue weighted by atomic mass is 10.2. The fourth-order valence-corrected chi connectivity index (χ4v) is 3.84. The number of nitrogens with one attached hydrogen (secondary N) is 2. The molecule has 0 saturated carbocycles. The normalized spacial score (nSPS) is 10.9. The van der Waals surface area contributed by atoms with Crippen molar-refractivity contribution in [1.82, 2.24) is 19.7 Å². The lowest BCUT2D eigenvalue weighted by Gasteiger charge is -2.09. The highest BCUT2D eigenvalue weighted by molar-refractivity contribution is 6.31. The Balaban J connectivity index is 1.62. The Morgan fingerprint density at radius 1 is 0.719 bits per heavy atom. The van der Waals surface area contributed by atoms with Crippen LogP contribution >= 0.6 is 23.2 Å². The molecule has 8 heteroatoms. The molecule has 0 atom stereocenters. The standard InChI is InChI=1S/C24H18Cl2N6/c25-17-8-4-10-19(12-17)29-22-21-23(30-20-11-5-9-18(26)13-20)31-32(24(21)28-15-27-22)14-16-6-2-1-3-7-16/h1-13,15H,14H2,(H,30,31)(H,27,28,29). The van der Waals surface area contributed by atoms with Crippen LogP contribution in [0.15, 0.2) is 85.2 Å². The van der Waals surface area contributed by atoms with Crippen LogP contribution < -0.4 is 10.6 Å². The van der Waals surface area contributed by atoms with E-state index in [4.69, 9.17) is 28.3 Å². The summed E-state index contributed by atoms with van der Waals surface area (Å²) in [6, 6.07) is 25.1. The summed E-state index contributed by atoms with van der Waals surface area (Å²) < 4.78 is 1.86. The molecular weight excluding hydrogens is 443 g/mol. The zero-order valence-corrected chi connectivity index (χ0v) is 18.3. The van der Waals surface area contributed by atoms with Gasteiger partial charge in [0.15, 0.2) is 11.5 Å². The Labute approximate surface area is 194 Å². The van der Waals surface area contributed by atoms with Crippen LogP contribution in [0.4, 0.5) is 23.0 Å². The quantitative estimate of drug-likeness (QED) is 0.296. The van der Waals surface area contributed by atoms with Gasteiger partial charge in [-0.05, 0) is 42.0 Å². The van der Waals surface area contributed by atoms with Gasteiger partial charge < -0.3 is 10.6 Å². The molecule has 2 heterocycles.